The highest BCUT2D eigenvalue weighted by Gasteiger charge is 2.01. The van der Waals surface area contributed by atoms with Crippen LogP contribution in [0.4, 0.5) is 0 Å². The van der Waals surface area contributed by atoms with E-state index in [2.05, 4.69) is 30.9 Å². The van der Waals surface area contributed by atoms with Crippen molar-refractivity contribution in [1.29, 1.82) is 5.53 Å². The fourth-order valence-corrected chi connectivity index (χ4v) is 1.29. The Balaban J connectivity index is 3.94. The molecule has 1 atom stereocenters. The summed E-state index contributed by atoms with van der Waals surface area (Å²) in [4.78, 5) is 4.56. The minimum absolute atomic E-state index is 0.500. The molecule has 0 saturated carbocycles. The summed E-state index contributed by atoms with van der Waals surface area (Å²) in [5, 5.41) is 3.44. The topological polar surface area (TPSA) is 48.6 Å². The van der Waals surface area contributed by atoms with Gasteiger partial charge in [-0.25, -0.2) is 5.53 Å². The molecule has 0 heterocycles. The molecule has 0 aromatic carbocycles. The minimum Gasteiger partial charge on any atom is -0.292 e. The molecular formula is C12H25N3. The molecule has 1 unspecified atom stereocenters. The maximum atomic E-state index is 6.89. The van der Waals surface area contributed by atoms with Crippen LogP contribution in [0.5, 0.6) is 0 Å². The molecule has 0 radical (unpaired) electrons. The lowest BCUT2D eigenvalue weighted by Crippen LogP contribution is -2.07. The van der Waals surface area contributed by atoms with Gasteiger partial charge in [0.15, 0.2) is 0 Å². The molecule has 15 heavy (non-hydrogen) atoms. The Morgan fingerprint density at radius 2 is 2.00 bits per heavy atom. The van der Waals surface area contributed by atoms with Crippen molar-refractivity contribution in [2.24, 2.45) is 16.0 Å². The Kier molecular flexibility index (Phi) is 9.33. The highest BCUT2D eigenvalue weighted by Crippen LogP contribution is 2.05. The maximum absolute atomic E-state index is 6.89. The van der Waals surface area contributed by atoms with Crippen LogP contribution in [0.3, 0.4) is 0 Å². The van der Waals surface area contributed by atoms with E-state index in [9.17, 15) is 0 Å². The number of nitrogens with one attached hydrogen (secondary N) is 1. The van der Waals surface area contributed by atoms with E-state index in [0.29, 0.717) is 12.5 Å². The van der Waals surface area contributed by atoms with Crippen LogP contribution in [0.2, 0.25) is 0 Å². The number of nitrogens with zero attached hydrogens (tertiary/aromatic N) is 2. The first-order valence-corrected chi connectivity index (χ1v) is 6.09. The summed E-state index contributed by atoms with van der Waals surface area (Å²) < 4.78 is 0. The second-order valence-electron chi connectivity index (χ2n) is 4.19. The van der Waals surface area contributed by atoms with Crippen molar-refractivity contribution >= 4 is 5.71 Å². The number of unbranched alkanes of at least 4 members (excludes halogenated alkanes) is 2. The van der Waals surface area contributed by atoms with Crippen molar-refractivity contribution in [3.63, 3.8) is 0 Å². The van der Waals surface area contributed by atoms with Crippen molar-refractivity contribution in [2.45, 2.75) is 52.9 Å². The zero-order valence-electron chi connectivity index (χ0n) is 10.4. The van der Waals surface area contributed by atoms with E-state index >= 15 is 0 Å². The molecule has 0 aliphatic heterocycles. The monoisotopic (exact) mass is 211 g/mol. The molecule has 3 heteroatoms. The summed E-state index contributed by atoms with van der Waals surface area (Å²) in [5.41, 5.74) is 8.00. The maximum Gasteiger partial charge on any atom is 0.0974 e. The Hall–Kier alpha value is -0.730. The first-order valence-electron chi connectivity index (χ1n) is 6.09. The summed E-state index contributed by atoms with van der Waals surface area (Å²) in [6, 6.07) is 0. The van der Waals surface area contributed by atoms with Crippen LogP contribution in [0.15, 0.2) is 10.1 Å². The van der Waals surface area contributed by atoms with Crippen molar-refractivity contribution < 1.29 is 0 Å². The van der Waals surface area contributed by atoms with Gasteiger partial charge in [-0.15, -0.1) is 0 Å². The summed E-state index contributed by atoms with van der Waals surface area (Å²) in [7, 11) is 0. The fourth-order valence-electron chi connectivity index (χ4n) is 1.29. The standard InChI is InChI=1S/C12H25N3/c1-4-6-7-8-12(10-15-13)14-9-11(3)5-2/h11,13H,4-10H2,1-3H3. The number of hydrogen-bond donors (Lipinski definition) is 1. The third-order valence-electron chi connectivity index (χ3n) is 2.65. The normalized spacial score (nSPS) is 13.9. The van der Waals surface area contributed by atoms with Gasteiger partial charge in [0, 0.05) is 12.3 Å². The lowest BCUT2D eigenvalue weighted by molar-refractivity contribution is 0.575. The third-order valence-corrected chi connectivity index (χ3v) is 2.65. The first-order chi connectivity index (χ1) is 7.24. The first kappa shape index (κ1) is 14.3. The Morgan fingerprint density at radius 1 is 1.27 bits per heavy atom. The van der Waals surface area contributed by atoms with Gasteiger partial charge in [-0.3, -0.25) is 4.99 Å². The summed E-state index contributed by atoms with van der Waals surface area (Å²) >= 11 is 0. The van der Waals surface area contributed by atoms with E-state index in [0.717, 1.165) is 18.7 Å². The lowest BCUT2D eigenvalue weighted by atomic mass is 10.1. The van der Waals surface area contributed by atoms with Crippen LogP contribution in [0.25, 0.3) is 0 Å². The van der Waals surface area contributed by atoms with E-state index in [1.807, 2.05) is 0 Å². The summed E-state index contributed by atoms with van der Waals surface area (Å²) in [6.45, 7) is 8.00. The molecule has 0 fully saturated rings. The van der Waals surface area contributed by atoms with Crippen LogP contribution in [-0.4, -0.2) is 18.8 Å². The van der Waals surface area contributed by atoms with E-state index in [1.165, 1.54) is 25.7 Å². The molecule has 1 N–H and O–H groups in total. The zero-order valence-corrected chi connectivity index (χ0v) is 10.4. The van der Waals surface area contributed by atoms with Crippen molar-refractivity contribution in [1.82, 2.24) is 0 Å². The third kappa shape index (κ3) is 8.28. The van der Waals surface area contributed by atoms with Gasteiger partial charge in [0.1, 0.15) is 0 Å². The van der Waals surface area contributed by atoms with Gasteiger partial charge in [-0.1, -0.05) is 40.0 Å². The van der Waals surface area contributed by atoms with E-state index in [1.54, 1.807) is 0 Å². The Bertz CT molecular complexity index is 187. The van der Waals surface area contributed by atoms with Gasteiger partial charge in [0.2, 0.25) is 0 Å². The van der Waals surface area contributed by atoms with E-state index < -0.39 is 0 Å². The van der Waals surface area contributed by atoms with Crippen LogP contribution >= 0.6 is 0 Å². The van der Waals surface area contributed by atoms with Gasteiger partial charge in [0.05, 0.1) is 6.54 Å². The molecule has 0 saturated heterocycles. The molecular weight excluding hydrogens is 186 g/mol. The van der Waals surface area contributed by atoms with Crippen molar-refractivity contribution in [2.75, 3.05) is 13.1 Å². The van der Waals surface area contributed by atoms with Gasteiger partial charge in [0.25, 0.3) is 0 Å². The van der Waals surface area contributed by atoms with Crippen LogP contribution in [0.1, 0.15) is 52.9 Å². The average Bonchev–Trinajstić information content (AvgIpc) is 2.25. The lowest BCUT2D eigenvalue weighted by Gasteiger charge is -2.07. The molecule has 3 nitrogen and oxygen atoms in total. The molecule has 88 valence electrons. The second-order valence-corrected chi connectivity index (χ2v) is 4.19. The van der Waals surface area contributed by atoms with Gasteiger partial charge >= 0.3 is 0 Å². The number of hydrogen-bond acceptors (Lipinski definition) is 3. The fraction of sp³-hybridized carbons (Fsp3) is 0.917. The van der Waals surface area contributed by atoms with Crippen molar-refractivity contribution in [3.05, 3.63) is 0 Å². The van der Waals surface area contributed by atoms with E-state index in [4.69, 9.17) is 5.53 Å². The Morgan fingerprint density at radius 3 is 2.53 bits per heavy atom. The highest BCUT2D eigenvalue weighted by atomic mass is 15.0. The SMILES string of the molecule is CCCCCC(CN=N)=NCC(C)CC. The molecule has 0 bridgehead atoms. The molecule has 0 aromatic heterocycles. The van der Waals surface area contributed by atoms with Crippen LogP contribution < -0.4 is 0 Å². The molecule has 0 spiro atoms. The average molecular weight is 211 g/mol. The van der Waals surface area contributed by atoms with Crippen LogP contribution in [-0.2, 0) is 0 Å². The predicted octanol–water partition coefficient (Wildman–Crippen LogP) is 4.08. The molecule has 0 rings (SSSR count). The van der Waals surface area contributed by atoms with Crippen molar-refractivity contribution in [3.8, 4) is 0 Å². The predicted molar refractivity (Wildman–Crippen MR) is 65.9 cm³/mol. The molecule has 0 aromatic rings. The summed E-state index contributed by atoms with van der Waals surface area (Å²) in [6.07, 6.45) is 5.86. The minimum atomic E-state index is 0.500. The van der Waals surface area contributed by atoms with E-state index in [-0.39, 0.29) is 0 Å². The molecule has 0 aliphatic carbocycles. The second kappa shape index (κ2) is 9.81. The zero-order chi connectivity index (χ0) is 11.5. The molecule has 0 aliphatic rings. The van der Waals surface area contributed by atoms with Crippen LogP contribution in [0, 0.1) is 11.4 Å². The largest absolute Gasteiger partial charge is 0.292 e. The smallest absolute Gasteiger partial charge is 0.0974 e. The highest BCUT2D eigenvalue weighted by molar-refractivity contribution is 5.86. The number of aliphatic imine (C=N–C) groups is 1. The molecule has 0 amide bonds. The summed E-state index contributed by atoms with van der Waals surface area (Å²) in [5.74, 6) is 0.650. The number of rotatable bonds is 9. The Labute approximate surface area is 93.9 Å². The van der Waals surface area contributed by atoms with Gasteiger partial charge < -0.3 is 0 Å². The van der Waals surface area contributed by atoms with Gasteiger partial charge in [-0.05, 0) is 18.8 Å². The quantitative estimate of drug-likeness (QED) is 0.339. The van der Waals surface area contributed by atoms with Gasteiger partial charge in [-0.2, -0.15) is 5.11 Å².